The first-order valence-corrected chi connectivity index (χ1v) is 5.89. The van der Waals surface area contributed by atoms with Gasteiger partial charge >= 0.3 is 6.18 Å². The summed E-state index contributed by atoms with van der Waals surface area (Å²) < 4.78 is 53.1. The first kappa shape index (κ1) is 15.2. The second-order valence-electron chi connectivity index (χ2n) is 3.98. The van der Waals surface area contributed by atoms with Crippen LogP contribution in [0.1, 0.15) is 5.56 Å². The minimum absolute atomic E-state index is 0.0977. The van der Waals surface area contributed by atoms with Crippen molar-refractivity contribution in [3.05, 3.63) is 35.6 Å². The van der Waals surface area contributed by atoms with E-state index in [1.54, 1.807) is 12.1 Å². The van der Waals surface area contributed by atoms with Gasteiger partial charge in [-0.2, -0.15) is 13.2 Å². The number of hydrogen-bond acceptors (Lipinski definition) is 1. The highest BCUT2D eigenvalue weighted by molar-refractivity contribution is 6.18. The Morgan fingerprint density at radius 2 is 2.00 bits per heavy atom. The molecular formula is C12H13ClF4O. The average molecular weight is 285 g/mol. The molecule has 0 spiro atoms. The Morgan fingerprint density at radius 1 is 1.28 bits per heavy atom. The monoisotopic (exact) mass is 284 g/mol. The standard InChI is InChI=1S/C12H13ClF4O/c13-6-10(7-18-8-12(15,16)17)4-9-2-1-3-11(14)5-9/h1-3,5,10H,4,6-8H2. The van der Waals surface area contributed by atoms with E-state index in [0.717, 1.165) is 0 Å². The Kier molecular flexibility index (Phi) is 5.88. The third-order valence-electron chi connectivity index (χ3n) is 2.25. The molecule has 6 heteroatoms. The molecule has 18 heavy (non-hydrogen) atoms. The largest absolute Gasteiger partial charge is 0.411 e. The number of rotatable bonds is 6. The molecule has 0 saturated carbocycles. The molecule has 0 fully saturated rings. The fourth-order valence-corrected chi connectivity index (χ4v) is 1.69. The topological polar surface area (TPSA) is 9.23 Å². The summed E-state index contributed by atoms with van der Waals surface area (Å²) in [6, 6.07) is 5.89. The van der Waals surface area contributed by atoms with Gasteiger partial charge in [0.1, 0.15) is 12.4 Å². The summed E-state index contributed by atoms with van der Waals surface area (Å²) in [6.45, 7) is -1.39. The van der Waals surface area contributed by atoms with E-state index < -0.39 is 12.8 Å². The number of benzene rings is 1. The summed E-state index contributed by atoms with van der Waals surface area (Å²) >= 11 is 5.65. The zero-order chi connectivity index (χ0) is 13.6. The molecule has 0 amide bonds. The molecule has 1 rings (SSSR count). The molecule has 0 aromatic heterocycles. The minimum atomic E-state index is -4.34. The van der Waals surface area contributed by atoms with Crippen LogP contribution in [-0.2, 0) is 11.2 Å². The predicted octanol–water partition coefficient (Wildman–Crippen LogP) is 3.80. The van der Waals surface area contributed by atoms with Gasteiger partial charge in [-0.25, -0.2) is 4.39 Å². The zero-order valence-corrected chi connectivity index (χ0v) is 10.3. The molecule has 1 aromatic carbocycles. The van der Waals surface area contributed by atoms with E-state index in [-0.39, 0.29) is 24.2 Å². The van der Waals surface area contributed by atoms with Crippen LogP contribution in [0.25, 0.3) is 0 Å². The van der Waals surface area contributed by atoms with Crippen molar-refractivity contribution in [1.82, 2.24) is 0 Å². The second-order valence-corrected chi connectivity index (χ2v) is 4.29. The molecule has 1 nitrogen and oxygen atoms in total. The minimum Gasteiger partial charge on any atom is -0.372 e. The first-order chi connectivity index (χ1) is 8.40. The Morgan fingerprint density at radius 3 is 2.56 bits per heavy atom. The third kappa shape index (κ3) is 6.21. The van der Waals surface area contributed by atoms with Gasteiger partial charge in [0.25, 0.3) is 0 Å². The fraction of sp³-hybridized carbons (Fsp3) is 0.500. The molecule has 0 radical (unpaired) electrons. The summed E-state index contributed by atoms with van der Waals surface area (Å²) in [4.78, 5) is 0. The Labute approximate surface area is 108 Å². The van der Waals surface area contributed by atoms with Gasteiger partial charge in [-0.3, -0.25) is 0 Å². The van der Waals surface area contributed by atoms with Crippen LogP contribution in [0.15, 0.2) is 24.3 Å². The van der Waals surface area contributed by atoms with Crippen molar-refractivity contribution in [2.45, 2.75) is 12.6 Å². The summed E-state index contributed by atoms with van der Waals surface area (Å²) in [7, 11) is 0. The van der Waals surface area contributed by atoms with Crippen LogP contribution < -0.4 is 0 Å². The van der Waals surface area contributed by atoms with Crippen molar-refractivity contribution < 1.29 is 22.3 Å². The van der Waals surface area contributed by atoms with Crippen LogP contribution in [0.3, 0.4) is 0 Å². The van der Waals surface area contributed by atoms with Gasteiger partial charge in [-0.05, 0) is 30.0 Å². The maximum Gasteiger partial charge on any atom is 0.411 e. The number of ether oxygens (including phenoxy) is 1. The van der Waals surface area contributed by atoms with Crippen LogP contribution in [0.2, 0.25) is 0 Å². The lowest BCUT2D eigenvalue weighted by molar-refractivity contribution is -0.176. The Balaban J connectivity index is 2.42. The lowest BCUT2D eigenvalue weighted by Crippen LogP contribution is -2.22. The van der Waals surface area contributed by atoms with Crippen LogP contribution in [-0.4, -0.2) is 25.3 Å². The van der Waals surface area contributed by atoms with Crippen molar-refractivity contribution in [1.29, 1.82) is 0 Å². The summed E-state index contributed by atoms with van der Waals surface area (Å²) in [6.07, 6.45) is -3.95. The van der Waals surface area contributed by atoms with E-state index in [2.05, 4.69) is 4.74 Å². The quantitative estimate of drug-likeness (QED) is 0.570. The molecule has 0 aliphatic heterocycles. The third-order valence-corrected chi connectivity index (χ3v) is 2.69. The van der Waals surface area contributed by atoms with Crippen molar-refractivity contribution in [2.75, 3.05) is 19.1 Å². The van der Waals surface area contributed by atoms with E-state index in [1.807, 2.05) is 0 Å². The number of alkyl halides is 4. The zero-order valence-electron chi connectivity index (χ0n) is 9.51. The smallest absolute Gasteiger partial charge is 0.372 e. The molecule has 0 bridgehead atoms. The number of hydrogen-bond donors (Lipinski definition) is 0. The first-order valence-electron chi connectivity index (χ1n) is 5.35. The van der Waals surface area contributed by atoms with Gasteiger partial charge in [0.05, 0.1) is 6.61 Å². The summed E-state index contributed by atoms with van der Waals surface area (Å²) in [5.41, 5.74) is 0.691. The van der Waals surface area contributed by atoms with Gasteiger partial charge in [-0.15, -0.1) is 11.6 Å². The highest BCUT2D eigenvalue weighted by atomic mass is 35.5. The lowest BCUT2D eigenvalue weighted by Gasteiger charge is -2.15. The molecular weight excluding hydrogens is 272 g/mol. The molecule has 0 N–H and O–H groups in total. The number of halogens is 5. The highest BCUT2D eigenvalue weighted by Gasteiger charge is 2.27. The van der Waals surface area contributed by atoms with Crippen LogP contribution in [0.5, 0.6) is 0 Å². The van der Waals surface area contributed by atoms with Crippen molar-refractivity contribution in [2.24, 2.45) is 5.92 Å². The van der Waals surface area contributed by atoms with E-state index in [0.29, 0.717) is 12.0 Å². The molecule has 0 aliphatic carbocycles. The van der Waals surface area contributed by atoms with Crippen LogP contribution in [0.4, 0.5) is 17.6 Å². The van der Waals surface area contributed by atoms with Crippen molar-refractivity contribution >= 4 is 11.6 Å². The van der Waals surface area contributed by atoms with E-state index in [4.69, 9.17) is 11.6 Å². The molecule has 1 unspecified atom stereocenters. The van der Waals surface area contributed by atoms with Gasteiger partial charge in [0.2, 0.25) is 0 Å². The molecule has 0 aliphatic rings. The molecule has 1 aromatic rings. The van der Waals surface area contributed by atoms with Crippen LogP contribution in [0, 0.1) is 11.7 Å². The summed E-state index contributed by atoms with van der Waals surface area (Å²) in [5.74, 6) is -0.484. The lowest BCUT2D eigenvalue weighted by atomic mass is 10.0. The highest BCUT2D eigenvalue weighted by Crippen LogP contribution is 2.17. The van der Waals surface area contributed by atoms with Crippen LogP contribution >= 0.6 is 11.6 Å². The Bertz CT molecular complexity index is 367. The molecule has 0 saturated heterocycles. The van der Waals surface area contributed by atoms with Gasteiger partial charge in [0, 0.05) is 5.88 Å². The molecule has 102 valence electrons. The molecule has 0 heterocycles. The van der Waals surface area contributed by atoms with Gasteiger partial charge < -0.3 is 4.74 Å². The van der Waals surface area contributed by atoms with Gasteiger partial charge in [0.15, 0.2) is 0 Å². The predicted molar refractivity (Wildman–Crippen MR) is 61.2 cm³/mol. The SMILES string of the molecule is Fc1cccc(CC(CCl)COCC(F)(F)F)c1. The Hall–Kier alpha value is -0.810. The fourth-order valence-electron chi connectivity index (χ4n) is 1.50. The second kappa shape index (κ2) is 6.95. The molecule has 1 atom stereocenters. The van der Waals surface area contributed by atoms with Crippen molar-refractivity contribution in [3.63, 3.8) is 0 Å². The average Bonchev–Trinajstić information content (AvgIpc) is 2.26. The van der Waals surface area contributed by atoms with E-state index in [1.165, 1.54) is 12.1 Å². The van der Waals surface area contributed by atoms with Crippen molar-refractivity contribution in [3.8, 4) is 0 Å². The normalized spacial score (nSPS) is 13.6. The van der Waals surface area contributed by atoms with Gasteiger partial charge in [-0.1, -0.05) is 12.1 Å². The summed E-state index contributed by atoms with van der Waals surface area (Å²) in [5, 5.41) is 0. The van der Waals surface area contributed by atoms with E-state index in [9.17, 15) is 17.6 Å². The maximum absolute atomic E-state index is 12.9. The maximum atomic E-state index is 12.9. The van der Waals surface area contributed by atoms with E-state index >= 15 is 0 Å².